The second-order valence-corrected chi connectivity index (χ2v) is 5.06. The Bertz CT molecular complexity index is 576. The van der Waals surface area contributed by atoms with Crippen molar-refractivity contribution >= 4 is 0 Å². The fourth-order valence-corrected chi connectivity index (χ4v) is 2.08. The van der Waals surface area contributed by atoms with Crippen LogP contribution in [0, 0.1) is 19.7 Å². The number of ether oxygens (including phenoxy) is 1. The minimum Gasteiger partial charge on any atom is -0.489 e. The first-order chi connectivity index (χ1) is 10.1. The Morgan fingerprint density at radius 1 is 1.29 bits per heavy atom. The van der Waals surface area contributed by atoms with Gasteiger partial charge in [0.1, 0.15) is 23.9 Å². The van der Waals surface area contributed by atoms with E-state index in [1.165, 1.54) is 12.1 Å². The first kappa shape index (κ1) is 15.5. The van der Waals surface area contributed by atoms with Crippen LogP contribution in [0.2, 0.25) is 0 Å². The fourth-order valence-electron chi connectivity index (χ4n) is 2.08. The van der Waals surface area contributed by atoms with Gasteiger partial charge < -0.3 is 14.6 Å². The number of aryl methyl sites for hydroxylation is 2. The van der Waals surface area contributed by atoms with Gasteiger partial charge in [-0.1, -0.05) is 12.1 Å². The summed E-state index contributed by atoms with van der Waals surface area (Å²) in [6.07, 6.45) is 1.05. The van der Waals surface area contributed by atoms with Crippen LogP contribution in [-0.4, -0.2) is 11.7 Å². The summed E-state index contributed by atoms with van der Waals surface area (Å²) < 4.78 is 24.4. The van der Waals surface area contributed by atoms with Crippen molar-refractivity contribution < 1.29 is 13.7 Å². The number of benzene rings is 1. The number of nitrogens with one attached hydrogen (secondary N) is 1. The molecule has 2 rings (SSSR count). The van der Waals surface area contributed by atoms with Gasteiger partial charge in [0.25, 0.3) is 0 Å². The van der Waals surface area contributed by atoms with Crippen LogP contribution in [0.1, 0.15) is 35.9 Å². The SMILES string of the molecule is CCCNCc1cc(F)cc(OCc2c(C)noc2C)c1. The summed E-state index contributed by atoms with van der Waals surface area (Å²) in [5.41, 5.74) is 2.58. The summed E-state index contributed by atoms with van der Waals surface area (Å²) in [5, 5.41) is 7.12. The van der Waals surface area contributed by atoms with E-state index in [1.807, 2.05) is 19.9 Å². The zero-order valence-electron chi connectivity index (χ0n) is 12.7. The lowest BCUT2D eigenvalue weighted by Crippen LogP contribution is -2.14. The molecule has 0 saturated carbocycles. The van der Waals surface area contributed by atoms with Crippen molar-refractivity contribution in [1.82, 2.24) is 10.5 Å². The van der Waals surface area contributed by atoms with Crippen LogP contribution in [-0.2, 0) is 13.2 Å². The van der Waals surface area contributed by atoms with Gasteiger partial charge in [-0.15, -0.1) is 0 Å². The second-order valence-electron chi connectivity index (χ2n) is 5.06. The molecule has 0 fully saturated rings. The maximum atomic E-state index is 13.6. The Kier molecular flexibility index (Phi) is 5.33. The highest BCUT2D eigenvalue weighted by Crippen LogP contribution is 2.20. The molecular weight excluding hydrogens is 271 g/mol. The van der Waals surface area contributed by atoms with Crippen LogP contribution in [0.5, 0.6) is 5.75 Å². The smallest absolute Gasteiger partial charge is 0.140 e. The second kappa shape index (κ2) is 7.22. The molecule has 0 aliphatic carbocycles. The molecule has 2 aromatic rings. The Morgan fingerprint density at radius 3 is 2.76 bits per heavy atom. The van der Waals surface area contributed by atoms with E-state index in [-0.39, 0.29) is 5.82 Å². The Labute approximate surface area is 124 Å². The van der Waals surface area contributed by atoms with Crippen molar-refractivity contribution in [3.63, 3.8) is 0 Å². The molecule has 1 N–H and O–H groups in total. The molecule has 1 aromatic carbocycles. The number of halogens is 1. The number of aromatic nitrogens is 1. The van der Waals surface area contributed by atoms with Gasteiger partial charge in [0.15, 0.2) is 0 Å². The molecule has 0 saturated heterocycles. The van der Waals surface area contributed by atoms with E-state index in [1.54, 1.807) is 0 Å². The van der Waals surface area contributed by atoms with Crippen LogP contribution < -0.4 is 10.1 Å². The standard InChI is InChI=1S/C16H21FN2O2/c1-4-5-18-9-13-6-14(17)8-15(7-13)20-10-16-11(2)19-21-12(16)3/h6-8,18H,4-5,9-10H2,1-3H3. The van der Waals surface area contributed by atoms with Gasteiger partial charge in [-0.25, -0.2) is 4.39 Å². The molecule has 5 heteroatoms. The Hall–Kier alpha value is -1.88. The molecule has 0 spiro atoms. The number of hydrogen-bond acceptors (Lipinski definition) is 4. The molecule has 1 aromatic heterocycles. The Morgan fingerprint density at radius 2 is 2.10 bits per heavy atom. The van der Waals surface area contributed by atoms with E-state index in [2.05, 4.69) is 17.4 Å². The summed E-state index contributed by atoms with van der Waals surface area (Å²) in [6.45, 7) is 7.66. The zero-order valence-corrected chi connectivity index (χ0v) is 12.7. The Balaban J connectivity index is 2.02. The molecule has 1 heterocycles. The van der Waals surface area contributed by atoms with Gasteiger partial charge in [0.2, 0.25) is 0 Å². The molecule has 4 nitrogen and oxygen atoms in total. The molecule has 0 atom stereocenters. The van der Waals surface area contributed by atoms with Gasteiger partial charge >= 0.3 is 0 Å². The van der Waals surface area contributed by atoms with Crippen LogP contribution in [0.3, 0.4) is 0 Å². The predicted octanol–water partition coefficient (Wildman–Crippen LogP) is 3.51. The quantitative estimate of drug-likeness (QED) is 0.793. The molecule has 0 aliphatic rings. The molecule has 0 radical (unpaired) electrons. The van der Waals surface area contributed by atoms with Gasteiger partial charge in [-0.05, 0) is 44.5 Å². The van der Waals surface area contributed by atoms with Gasteiger partial charge in [0.05, 0.1) is 11.3 Å². The lowest BCUT2D eigenvalue weighted by atomic mass is 10.2. The average molecular weight is 292 g/mol. The topological polar surface area (TPSA) is 47.3 Å². The number of rotatable bonds is 7. The third-order valence-corrected chi connectivity index (χ3v) is 3.25. The van der Waals surface area contributed by atoms with Crippen molar-refractivity contribution in [1.29, 1.82) is 0 Å². The van der Waals surface area contributed by atoms with Gasteiger partial charge in [0, 0.05) is 12.6 Å². The van der Waals surface area contributed by atoms with Crippen LogP contribution >= 0.6 is 0 Å². The molecule has 0 bridgehead atoms. The van der Waals surface area contributed by atoms with E-state index in [0.29, 0.717) is 18.9 Å². The van der Waals surface area contributed by atoms with Crippen molar-refractivity contribution in [2.75, 3.05) is 6.54 Å². The van der Waals surface area contributed by atoms with E-state index in [9.17, 15) is 4.39 Å². The highest BCUT2D eigenvalue weighted by molar-refractivity contribution is 5.30. The molecule has 0 unspecified atom stereocenters. The summed E-state index contributed by atoms with van der Waals surface area (Å²) in [6, 6.07) is 4.76. The zero-order chi connectivity index (χ0) is 15.2. The number of hydrogen-bond donors (Lipinski definition) is 1. The minimum atomic E-state index is -0.292. The minimum absolute atomic E-state index is 0.292. The lowest BCUT2D eigenvalue weighted by Gasteiger charge is -2.09. The van der Waals surface area contributed by atoms with Crippen molar-refractivity contribution in [2.45, 2.75) is 40.3 Å². The molecule has 114 valence electrons. The largest absolute Gasteiger partial charge is 0.489 e. The molecule has 21 heavy (non-hydrogen) atoms. The highest BCUT2D eigenvalue weighted by Gasteiger charge is 2.10. The maximum absolute atomic E-state index is 13.6. The lowest BCUT2D eigenvalue weighted by molar-refractivity contribution is 0.300. The summed E-state index contributed by atoms with van der Waals surface area (Å²) in [7, 11) is 0. The first-order valence-electron chi connectivity index (χ1n) is 7.15. The normalized spacial score (nSPS) is 10.9. The van der Waals surface area contributed by atoms with Crippen LogP contribution in [0.15, 0.2) is 22.7 Å². The third-order valence-electron chi connectivity index (χ3n) is 3.25. The van der Waals surface area contributed by atoms with E-state index >= 15 is 0 Å². The summed E-state index contributed by atoms with van der Waals surface area (Å²) >= 11 is 0. The monoisotopic (exact) mass is 292 g/mol. The van der Waals surface area contributed by atoms with E-state index in [0.717, 1.165) is 35.5 Å². The van der Waals surface area contributed by atoms with E-state index < -0.39 is 0 Å². The van der Waals surface area contributed by atoms with Crippen molar-refractivity contribution in [2.24, 2.45) is 0 Å². The fraction of sp³-hybridized carbons (Fsp3) is 0.438. The van der Waals surface area contributed by atoms with Crippen molar-refractivity contribution in [3.05, 3.63) is 46.6 Å². The summed E-state index contributed by atoms with van der Waals surface area (Å²) in [5.74, 6) is 0.955. The van der Waals surface area contributed by atoms with E-state index in [4.69, 9.17) is 9.26 Å². The highest BCUT2D eigenvalue weighted by atomic mass is 19.1. The predicted molar refractivity (Wildman–Crippen MR) is 78.7 cm³/mol. The van der Waals surface area contributed by atoms with Gasteiger partial charge in [-0.3, -0.25) is 0 Å². The maximum Gasteiger partial charge on any atom is 0.140 e. The van der Waals surface area contributed by atoms with Crippen LogP contribution in [0.4, 0.5) is 4.39 Å². The molecular formula is C16H21FN2O2. The average Bonchev–Trinajstić information content (AvgIpc) is 2.76. The molecule has 0 amide bonds. The number of nitrogens with zero attached hydrogens (tertiary/aromatic N) is 1. The van der Waals surface area contributed by atoms with Crippen LogP contribution in [0.25, 0.3) is 0 Å². The summed E-state index contributed by atoms with van der Waals surface area (Å²) in [4.78, 5) is 0. The van der Waals surface area contributed by atoms with Crippen molar-refractivity contribution in [3.8, 4) is 5.75 Å². The molecule has 0 aliphatic heterocycles. The third kappa shape index (κ3) is 4.29. The van der Waals surface area contributed by atoms with Gasteiger partial charge in [-0.2, -0.15) is 0 Å². The first-order valence-corrected chi connectivity index (χ1v) is 7.15.